The van der Waals surface area contributed by atoms with Crippen LogP contribution in [0, 0.1) is 5.92 Å². The number of hydrogen-bond acceptors (Lipinski definition) is 3. The van der Waals surface area contributed by atoms with Gasteiger partial charge < -0.3 is 5.11 Å². The van der Waals surface area contributed by atoms with E-state index in [-0.39, 0.29) is 22.7 Å². The Morgan fingerprint density at radius 2 is 1.96 bits per heavy atom. The first-order valence-corrected chi connectivity index (χ1v) is 7.59. The van der Waals surface area contributed by atoms with E-state index in [2.05, 4.69) is 5.10 Å². The minimum absolute atomic E-state index is 0.0138. The summed E-state index contributed by atoms with van der Waals surface area (Å²) in [6.07, 6.45) is -3.23. The van der Waals surface area contributed by atoms with Crippen molar-refractivity contribution in [1.82, 2.24) is 5.01 Å². The number of aliphatic hydroxyl groups is 1. The quantitative estimate of drug-likeness (QED) is 0.844. The molecule has 1 fully saturated rings. The number of fused-ring (bicyclic) bond motifs is 1. The van der Waals surface area contributed by atoms with Crippen molar-refractivity contribution in [1.29, 1.82) is 0 Å². The Morgan fingerprint density at radius 1 is 1.30 bits per heavy atom. The van der Waals surface area contributed by atoms with Crippen LogP contribution in [0.2, 0.25) is 5.02 Å². The molecule has 0 aromatic heterocycles. The Kier molecular flexibility index (Phi) is 3.88. The maximum absolute atomic E-state index is 13.6. The van der Waals surface area contributed by atoms with Gasteiger partial charge in [0.15, 0.2) is 0 Å². The van der Waals surface area contributed by atoms with Crippen LogP contribution in [0.5, 0.6) is 0 Å². The van der Waals surface area contributed by atoms with Gasteiger partial charge >= 0.3 is 6.18 Å². The van der Waals surface area contributed by atoms with Crippen molar-refractivity contribution in [3.05, 3.63) is 34.9 Å². The predicted octanol–water partition coefficient (Wildman–Crippen LogP) is 3.59. The monoisotopic (exact) mass is 346 g/mol. The van der Waals surface area contributed by atoms with Gasteiger partial charge in [-0.05, 0) is 43.5 Å². The van der Waals surface area contributed by atoms with Crippen LogP contribution >= 0.6 is 11.6 Å². The maximum Gasteiger partial charge on any atom is 0.439 e. The lowest BCUT2D eigenvalue weighted by Gasteiger charge is -2.38. The number of alkyl halides is 3. The lowest BCUT2D eigenvalue weighted by atomic mass is 9.80. The Labute approximate surface area is 135 Å². The van der Waals surface area contributed by atoms with Crippen LogP contribution in [0.4, 0.5) is 13.2 Å². The average Bonchev–Trinajstić information content (AvgIpc) is 2.82. The van der Waals surface area contributed by atoms with Crippen molar-refractivity contribution in [3.63, 3.8) is 0 Å². The van der Waals surface area contributed by atoms with Gasteiger partial charge in [-0.15, -0.1) is 0 Å². The van der Waals surface area contributed by atoms with Gasteiger partial charge in [0.25, 0.3) is 11.6 Å². The number of hydrazone groups is 1. The van der Waals surface area contributed by atoms with Crippen LogP contribution in [0.3, 0.4) is 0 Å². The van der Waals surface area contributed by atoms with Gasteiger partial charge in [0.1, 0.15) is 0 Å². The SMILES string of the molecule is O=C(c1ccc(Cl)cc1)N1N=C2CCCC[C@@H]2[C@@]1(O)C(F)(F)F. The van der Waals surface area contributed by atoms with Crippen molar-refractivity contribution in [2.45, 2.75) is 37.6 Å². The van der Waals surface area contributed by atoms with Gasteiger partial charge in [-0.2, -0.15) is 23.3 Å². The molecule has 0 saturated heterocycles. The standard InChI is InChI=1S/C15H14ClF3N2O2/c16-10-7-5-9(6-8-10)13(22)21-14(23,15(17,18)19)11-3-1-2-4-12(11)20-21/h5-8,11,23H,1-4H2/t11-,14+/m0/s1. The third-order valence-corrected chi connectivity index (χ3v) is 4.57. The topological polar surface area (TPSA) is 52.9 Å². The molecule has 8 heteroatoms. The largest absolute Gasteiger partial charge is 0.439 e. The minimum atomic E-state index is -5.00. The highest BCUT2D eigenvalue weighted by molar-refractivity contribution is 6.30. The molecular formula is C15H14ClF3N2O2. The van der Waals surface area contributed by atoms with Gasteiger partial charge in [0.2, 0.25) is 0 Å². The molecule has 0 radical (unpaired) electrons. The second-order valence-corrected chi connectivity index (χ2v) is 6.17. The summed E-state index contributed by atoms with van der Waals surface area (Å²) in [4.78, 5) is 12.5. The van der Waals surface area contributed by atoms with E-state index in [4.69, 9.17) is 11.6 Å². The van der Waals surface area contributed by atoms with Crippen molar-refractivity contribution < 1.29 is 23.1 Å². The number of carbonyl (C=O) groups excluding carboxylic acids is 1. The fourth-order valence-corrected chi connectivity index (χ4v) is 3.26. The number of nitrogens with zero attached hydrogens (tertiary/aromatic N) is 2. The van der Waals surface area contributed by atoms with Crippen LogP contribution in [0.25, 0.3) is 0 Å². The average molecular weight is 347 g/mol. The molecule has 0 spiro atoms. The summed E-state index contributed by atoms with van der Waals surface area (Å²) in [5.74, 6) is -2.20. The second kappa shape index (κ2) is 5.49. The number of rotatable bonds is 1. The first-order chi connectivity index (χ1) is 10.7. The molecule has 1 aromatic rings. The van der Waals surface area contributed by atoms with E-state index in [0.717, 1.165) is 0 Å². The van der Waals surface area contributed by atoms with Gasteiger partial charge in [0, 0.05) is 16.3 Å². The smallest absolute Gasteiger partial charge is 0.362 e. The molecule has 124 valence electrons. The molecule has 1 N–H and O–H groups in total. The Morgan fingerprint density at radius 3 is 2.57 bits per heavy atom. The summed E-state index contributed by atoms with van der Waals surface area (Å²) in [6.45, 7) is 0. The zero-order chi connectivity index (χ0) is 16.8. The van der Waals surface area contributed by atoms with E-state index in [1.807, 2.05) is 0 Å². The third kappa shape index (κ3) is 2.52. The molecule has 1 heterocycles. The van der Waals surface area contributed by atoms with E-state index in [1.54, 1.807) is 0 Å². The van der Waals surface area contributed by atoms with E-state index in [0.29, 0.717) is 24.3 Å². The lowest BCUT2D eigenvalue weighted by Crippen LogP contribution is -2.61. The normalized spacial score (nSPS) is 27.6. The summed E-state index contributed by atoms with van der Waals surface area (Å²) in [7, 11) is 0. The number of halogens is 4. The summed E-state index contributed by atoms with van der Waals surface area (Å²) in [5, 5.41) is 14.8. The van der Waals surface area contributed by atoms with Crippen molar-refractivity contribution >= 4 is 23.2 Å². The summed E-state index contributed by atoms with van der Waals surface area (Å²) in [5.41, 5.74) is -3.07. The molecule has 4 nitrogen and oxygen atoms in total. The molecule has 2 atom stereocenters. The lowest BCUT2D eigenvalue weighted by molar-refractivity contribution is -0.312. The molecule has 1 aromatic carbocycles. The fourth-order valence-electron chi connectivity index (χ4n) is 3.13. The van der Waals surface area contributed by atoms with Crippen molar-refractivity contribution in [2.75, 3.05) is 0 Å². The number of carbonyl (C=O) groups is 1. The van der Waals surface area contributed by atoms with Crippen LogP contribution in [-0.2, 0) is 0 Å². The molecular weight excluding hydrogens is 333 g/mol. The zero-order valence-corrected chi connectivity index (χ0v) is 12.7. The Balaban J connectivity index is 2.03. The fraction of sp³-hybridized carbons (Fsp3) is 0.467. The van der Waals surface area contributed by atoms with Gasteiger partial charge in [-0.25, -0.2) is 0 Å². The van der Waals surface area contributed by atoms with Crippen LogP contribution in [0.15, 0.2) is 29.4 Å². The first kappa shape index (κ1) is 16.3. The van der Waals surface area contributed by atoms with Crippen LogP contribution in [-0.4, -0.2) is 33.6 Å². The van der Waals surface area contributed by atoms with Gasteiger partial charge in [-0.1, -0.05) is 18.0 Å². The first-order valence-electron chi connectivity index (χ1n) is 7.21. The molecule has 1 amide bonds. The molecule has 1 saturated carbocycles. The maximum atomic E-state index is 13.6. The molecule has 3 rings (SSSR count). The number of benzene rings is 1. The van der Waals surface area contributed by atoms with E-state index in [9.17, 15) is 23.1 Å². The van der Waals surface area contributed by atoms with E-state index in [1.165, 1.54) is 24.3 Å². The van der Waals surface area contributed by atoms with Crippen LogP contribution in [0.1, 0.15) is 36.0 Å². The molecule has 0 unspecified atom stereocenters. The highest BCUT2D eigenvalue weighted by atomic mass is 35.5. The predicted molar refractivity (Wildman–Crippen MR) is 78.0 cm³/mol. The minimum Gasteiger partial charge on any atom is -0.362 e. The summed E-state index contributed by atoms with van der Waals surface area (Å²) >= 11 is 5.72. The molecule has 2 aliphatic rings. The van der Waals surface area contributed by atoms with E-state index >= 15 is 0 Å². The van der Waals surface area contributed by atoms with E-state index < -0.39 is 23.7 Å². The summed E-state index contributed by atoms with van der Waals surface area (Å²) < 4.78 is 40.7. The summed E-state index contributed by atoms with van der Waals surface area (Å²) in [6, 6.07) is 5.42. The molecule has 23 heavy (non-hydrogen) atoms. The number of amides is 1. The number of hydrogen-bond donors (Lipinski definition) is 1. The van der Waals surface area contributed by atoms with Gasteiger partial charge in [0.05, 0.1) is 5.92 Å². The molecule has 1 aliphatic heterocycles. The Hall–Kier alpha value is -1.60. The zero-order valence-electron chi connectivity index (χ0n) is 12.0. The Bertz CT molecular complexity index is 660. The third-order valence-electron chi connectivity index (χ3n) is 4.32. The van der Waals surface area contributed by atoms with Crippen molar-refractivity contribution in [3.8, 4) is 0 Å². The highest BCUT2D eigenvalue weighted by Crippen LogP contribution is 2.48. The van der Waals surface area contributed by atoms with Crippen molar-refractivity contribution in [2.24, 2.45) is 11.0 Å². The van der Waals surface area contributed by atoms with Gasteiger partial charge in [-0.3, -0.25) is 4.79 Å². The molecule has 0 bridgehead atoms. The second-order valence-electron chi connectivity index (χ2n) is 5.74. The van der Waals surface area contributed by atoms with Crippen LogP contribution < -0.4 is 0 Å². The highest BCUT2D eigenvalue weighted by Gasteiger charge is 2.68. The molecule has 1 aliphatic carbocycles.